The third kappa shape index (κ3) is 12.1. The Hall–Kier alpha value is -3.05. The number of nitrogens with one attached hydrogen (secondary N) is 6. The molecule has 0 aliphatic carbocycles. The van der Waals surface area contributed by atoms with Crippen molar-refractivity contribution in [2.24, 2.45) is 5.73 Å². The molecule has 0 aromatic carbocycles. The average molecular weight is 520 g/mol. The van der Waals surface area contributed by atoms with Crippen LogP contribution in [0.5, 0.6) is 0 Å². The molecule has 16 nitrogen and oxygen atoms in total. The summed E-state index contributed by atoms with van der Waals surface area (Å²) in [7, 11) is 0. The van der Waals surface area contributed by atoms with E-state index in [0.29, 0.717) is 19.4 Å². The van der Waals surface area contributed by atoms with Gasteiger partial charge in [0.15, 0.2) is 0 Å². The summed E-state index contributed by atoms with van der Waals surface area (Å²) >= 11 is 0. The van der Waals surface area contributed by atoms with Crippen LogP contribution in [0.2, 0.25) is 0 Å². The number of carbonyl (C=O) groups excluding carboxylic acids is 5. The molecule has 1 aliphatic rings. The SMILES string of the molecule is CC(O)[C@@H]1NC(=O)N[C@@H](CCCCN)C(=O)NNC(=O)[C@H](CO)NC(=O)COCCOCCNC1=O. The molecular formula is C20H37N7O9. The van der Waals surface area contributed by atoms with Crippen LogP contribution >= 0.6 is 0 Å². The Labute approximate surface area is 208 Å². The summed E-state index contributed by atoms with van der Waals surface area (Å²) in [4.78, 5) is 61.8. The number of aliphatic hydroxyl groups excluding tert-OH is 2. The second-order valence-corrected chi connectivity index (χ2v) is 7.91. The highest BCUT2D eigenvalue weighted by Crippen LogP contribution is 2.02. The minimum atomic E-state index is -1.37. The van der Waals surface area contributed by atoms with Gasteiger partial charge in [0.2, 0.25) is 11.8 Å². The first kappa shape index (κ1) is 31.0. The summed E-state index contributed by atoms with van der Waals surface area (Å²) in [5.74, 6) is -3.07. The zero-order valence-electron chi connectivity index (χ0n) is 20.2. The van der Waals surface area contributed by atoms with E-state index in [-0.39, 0.29) is 32.8 Å². The zero-order chi connectivity index (χ0) is 26.9. The van der Waals surface area contributed by atoms with Crippen molar-refractivity contribution in [3.63, 3.8) is 0 Å². The van der Waals surface area contributed by atoms with Crippen molar-refractivity contribution in [2.75, 3.05) is 46.1 Å². The Morgan fingerprint density at radius 2 is 1.58 bits per heavy atom. The van der Waals surface area contributed by atoms with Crippen LogP contribution < -0.4 is 37.9 Å². The average Bonchev–Trinajstić information content (AvgIpc) is 2.84. The first-order valence-electron chi connectivity index (χ1n) is 11.6. The van der Waals surface area contributed by atoms with E-state index in [1.54, 1.807) is 0 Å². The quantitative estimate of drug-likeness (QED) is 0.152. The maximum absolute atomic E-state index is 12.6. The molecule has 1 fully saturated rings. The van der Waals surface area contributed by atoms with E-state index in [1.807, 2.05) is 0 Å². The number of hydrazine groups is 1. The number of amides is 6. The van der Waals surface area contributed by atoms with Crippen LogP contribution in [0.25, 0.3) is 0 Å². The van der Waals surface area contributed by atoms with Gasteiger partial charge in [-0.15, -0.1) is 0 Å². The molecule has 0 radical (unpaired) electrons. The van der Waals surface area contributed by atoms with Gasteiger partial charge >= 0.3 is 6.03 Å². The summed E-state index contributed by atoms with van der Waals surface area (Å²) < 4.78 is 10.4. The molecular weight excluding hydrogens is 482 g/mol. The molecule has 1 heterocycles. The monoisotopic (exact) mass is 519 g/mol. The molecule has 4 atom stereocenters. The molecule has 0 bridgehead atoms. The van der Waals surface area contributed by atoms with E-state index in [0.717, 1.165) is 0 Å². The first-order valence-corrected chi connectivity index (χ1v) is 11.6. The fourth-order valence-electron chi connectivity index (χ4n) is 2.98. The number of urea groups is 1. The molecule has 1 rings (SSSR count). The highest BCUT2D eigenvalue weighted by Gasteiger charge is 2.28. The minimum absolute atomic E-state index is 0.0387. The van der Waals surface area contributed by atoms with Gasteiger partial charge in [0.1, 0.15) is 24.7 Å². The summed E-state index contributed by atoms with van der Waals surface area (Å²) in [6.45, 7) is 0.812. The third-order valence-corrected chi connectivity index (χ3v) is 4.91. The molecule has 1 saturated heterocycles. The Bertz CT molecular complexity index is 738. The maximum atomic E-state index is 12.6. The molecule has 1 aliphatic heterocycles. The Morgan fingerprint density at radius 3 is 2.22 bits per heavy atom. The number of hydrogen-bond acceptors (Lipinski definition) is 10. The number of aliphatic hydroxyl groups is 2. The Kier molecular flexibility index (Phi) is 15.0. The molecule has 0 aromatic rings. The second-order valence-electron chi connectivity index (χ2n) is 7.91. The van der Waals surface area contributed by atoms with E-state index in [4.69, 9.17) is 15.2 Å². The van der Waals surface area contributed by atoms with Gasteiger partial charge in [-0.1, -0.05) is 0 Å². The van der Waals surface area contributed by atoms with E-state index in [1.165, 1.54) is 6.92 Å². The lowest BCUT2D eigenvalue weighted by Gasteiger charge is -2.24. The molecule has 1 unspecified atom stereocenters. The number of hydrogen-bond donors (Lipinski definition) is 9. The lowest BCUT2D eigenvalue weighted by Crippen LogP contribution is -2.60. The molecule has 0 saturated carbocycles. The Balaban J connectivity index is 2.97. The molecule has 16 heteroatoms. The number of unbranched alkanes of at least 4 members (excludes halogenated alkanes) is 1. The van der Waals surface area contributed by atoms with Crippen molar-refractivity contribution in [3.05, 3.63) is 0 Å². The van der Waals surface area contributed by atoms with Crippen LogP contribution in [-0.2, 0) is 28.7 Å². The minimum Gasteiger partial charge on any atom is -0.394 e. The third-order valence-electron chi connectivity index (χ3n) is 4.91. The van der Waals surface area contributed by atoms with Gasteiger partial charge in [0.25, 0.3) is 11.8 Å². The fraction of sp³-hybridized carbons (Fsp3) is 0.750. The number of rotatable bonds is 6. The first-order chi connectivity index (χ1) is 17.2. The maximum Gasteiger partial charge on any atom is 0.316 e. The highest BCUT2D eigenvalue weighted by molar-refractivity contribution is 5.92. The number of carbonyl (C=O) groups is 5. The molecule has 36 heavy (non-hydrogen) atoms. The molecule has 206 valence electrons. The van der Waals surface area contributed by atoms with Crippen molar-refractivity contribution < 1.29 is 43.7 Å². The number of nitrogens with two attached hydrogens (primary N) is 1. The number of ether oxygens (including phenoxy) is 2. The van der Waals surface area contributed by atoms with Crippen LogP contribution in [0.15, 0.2) is 0 Å². The predicted octanol–water partition coefficient (Wildman–Crippen LogP) is -4.68. The van der Waals surface area contributed by atoms with Crippen molar-refractivity contribution in [2.45, 2.75) is 50.4 Å². The van der Waals surface area contributed by atoms with Crippen molar-refractivity contribution >= 4 is 29.7 Å². The van der Waals surface area contributed by atoms with Crippen molar-refractivity contribution in [1.29, 1.82) is 0 Å². The van der Waals surface area contributed by atoms with Gasteiger partial charge in [-0.05, 0) is 32.7 Å². The van der Waals surface area contributed by atoms with Gasteiger partial charge in [-0.2, -0.15) is 0 Å². The van der Waals surface area contributed by atoms with E-state index in [9.17, 15) is 34.2 Å². The van der Waals surface area contributed by atoms with Gasteiger partial charge in [-0.25, -0.2) is 4.79 Å². The van der Waals surface area contributed by atoms with Crippen molar-refractivity contribution in [1.82, 2.24) is 32.1 Å². The Morgan fingerprint density at radius 1 is 0.917 bits per heavy atom. The standard InChI is InChI=1S/C20H37N7O9/c1-12(29)16-19(33)22-6-7-35-8-9-36-11-15(30)23-14(10-28)18(32)27-26-17(31)13(4-2-3-5-21)24-20(34)25-16/h12-14,16,28-29H,2-11,21H2,1H3,(H,22,33)(H,23,30)(H,26,31)(H,27,32)(H2,24,25,34)/t12?,13-,14-,16-/m0/s1. The van der Waals surface area contributed by atoms with Gasteiger partial charge in [0.05, 0.1) is 32.5 Å². The van der Waals surface area contributed by atoms with E-state index < -0.39 is 67.1 Å². The van der Waals surface area contributed by atoms with E-state index in [2.05, 4.69) is 32.1 Å². The van der Waals surface area contributed by atoms with E-state index >= 15 is 0 Å². The van der Waals surface area contributed by atoms with Gasteiger partial charge < -0.3 is 46.7 Å². The summed E-state index contributed by atoms with van der Waals surface area (Å²) in [6.07, 6.45) is -0.0950. The lowest BCUT2D eigenvalue weighted by atomic mass is 10.1. The molecule has 0 spiro atoms. The second kappa shape index (κ2) is 17.4. The lowest BCUT2D eigenvalue weighted by molar-refractivity contribution is -0.135. The van der Waals surface area contributed by atoms with Crippen LogP contribution in [-0.4, -0.2) is 110 Å². The van der Waals surface area contributed by atoms with Crippen molar-refractivity contribution in [3.8, 4) is 0 Å². The topological polar surface area (TPSA) is 242 Å². The summed E-state index contributed by atoms with van der Waals surface area (Å²) in [6, 6.07) is -4.75. The summed E-state index contributed by atoms with van der Waals surface area (Å²) in [5, 5.41) is 28.9. The van der Waals surface area contributed by atoms with Gasteiger partial charge in [-0.3, -0.25) is 30.0 Å². The normalized spacial score (nSPS) is 25.1. The van der Waals surface area contributed by atoms with Crippen LogP contribution in [0, 0.1) is 0 Å². The molecule has 0 aromatic heterocycles. The predicted molar refractivity (Wildman–Crippen MR) is 124 cm³/mol. The van der Waals surface area contributed by atoms with Crippen LogP contribution in [0.4, 0.5) is 4.79 Å². The largest absolute Gasteiger partial charge is 0.394 e. The highest BCUT2D eigenvalue weighted by atomic mass is 16.5. The van der Waals surface area contributed by atoms with Gasteiger partial charge in [0, 0.05) is 6.54 Å². The van der Waals surface area contributed by atoms with Crippen LogP contribution in [0.1, 0.15) is 26.2 Å². The summed E-state index contributed by atoms with van der Waals surface area (Å²) in [5.41, 5.74) is 9.69. The smallest absolute Gasteiger partial charge is 0.316 e. The molecule has 6 amide bonds. The zero-order valence-corrected chi connectivity index (χ0v) is 20.2. The van der Waals surface area contributed by atoms with Crippen LogP contribution in [0.3, 0.4) is 0 Å². The molecule has 10 N–H and O–H groups in total. The fourth-order valence-corrected chi connectivity index (χ4v) is 2.98.